The third kappa shape index (κ3) is 5.30. The van der Waals surface area contributed by atoms with Crippen molar-refractivity contribution in [2.24, 2.45) is 5.92 Å². The van der Waals surface area contributed by atoms with Gasteiger partial charge in [-0.2, -0.15) is 0 Å². The van der Waals surface area contributed by atoms with Crippen molar-refractivity contribution in [1.29, 1.82) is 0 Å². The maximum absolute atomic E-state index is 13.4. The van der Waals surface area contributed by atoms with Gasteiger partial charge in [0.2, 0.25) is 5.91 Å². The molecule has 0 aliphatic heterocycles. The summed E-state index contributed by atoms with van der Waals surface area (Å²) in [4.78, 5) is 38.8. The normalized spacial score (nSPS) is 17.3. The van der Waals surface area contributed by atoms with Crippen LogP contribution in [-0.4, -0.2) is 39.9 Å². The molecular formula is C27H30N6O4S2. The lowest BCUT2D eigenvalue weighted by Gasteiger charge is -2.35. The number of thiazole rings is 1. The Morgan fingerprint density at radius 1 is 1.08 bits per heavy atom. The molecule has 0 unspecified atom stereocenters. The Kier molecular flexibility index (Phi) is 7.02. The number of sulfonamides is 1. The Morgan fingerprint density at radius 3 is 2.49 bits per heavy atom. The quantitative estimate of drug-likeness (QED) is 0.343. The van der Waals surface area contributed by atoms with E-state index in [0.29, 0.717) is 57.0 Å². The molecule has 12 heteroatoms. The molecule has 10 nitrogen and oxygen atoms in total. The van der Waals surface area contributed by atoms with Gasteiger partial charge >= 0.3 is 0 Å². The topological polar surface area (TPSA) is 136 Å². The second-order valence-electron chi connectivity index (χ2n) is 10.2. The Labute approximate surface area is 230 Å². The number of rotatable bonds is 7. The number of anilines is 1. The summed E-state index contributed by atoms with van der Waals surface area (Å²) < 4.78 is 30.6. The van der Waals surface area contributed by atoms with Gasteiger partial charge in [0.15, 0.2) is 4.21 Å². The van der Waals surface area contributed by atoms with Gasteiger partial charge in [-0.3, -0.25) is 23.9 Å². The number of pyridine rings is 1. The lowest BCUT2D eigenvalue weighted by atomic mass is 9.79. The number of hydrogen-bond acceptors (Lipinski definition) is 8. The van der Waals surface area contributed by atoms with Crippen molar-refractivity contribution in [3.05, 3.63) is 63.5 Å². The van der Waals surface area contributed by atoms with Gasteiger partial charge in [0, 0.05) is 29.8 Å². The summed E-state index contributed by atoms with van der Waals surface area (Å²) in [5.41, 5.74) is 3.07. The summed E-state index contributed by atoms with van der Waals surface area (Å²) in [6.07, 6.45) is 4.38. The van der Waals surface area contributed by atoms with Crippen molar-refractivity contribution in [3.63, 3.8) is 0 Å². The first-order valence-corrected chi connectivity index (χ1v) is 15.0. The molecule has 1 fully saturated rings. The highest BCUT2D eigenvalue weighted by Gasteiger charge is 2.36. The molecule has 0 bridgehead atoms. The Hall–Kier alpha value is -3.64. The first kappa shape index (κ1) is 26.9. The predicted molar refractivity (Wildman–Crippen MR) is 151 cm³/mol. The number of aromatic nitrogens is 4. The number of aryl methyl sites for hydroxylation is 3. The third-order valence-corrected chi connectivity index (χ3v) is 9.91. The molecule has 1 aliphatic rings. The van der Waals surface area contributed by atoms with Crippen molar-refractivity contribution in [1.82, 2.24) is 24.8 Å². The number of nitrogens with one attached hydrogen (secondary N) is 2. The van der Waals surface area contributed by atoms with Crippen LogP contribution in [0.15, 0.2) is 45.8 Å². The highest BCUT2D eigenvalue weighted by atomic mass is 32.2. The van der Waals surface area contributed by atoms with E-state index >= 15 is 0 Å². The third-order valence-electron chi connectivity index (χ3n) is 6.86. The smallest absolute Gasteiger partial charge is 0.273 e. The number of amides is 1. The molecule has 39 heavy (non-hydrogen) atoms. The number of hydrogen-bond donors (Lipinski definition) is 2. The minimum Gasteiger partial charge on any atom is -0.354 e. The molecular weight excluding hydrogens is 536 g/mol. The van der Waals surface area contributed by atoms with Gasteiger partial charge in [-0.25, -0.2) is 18.4 Å². The summed E-state index contributed by atoms with van der Waals surface area (Å²) in [5.74, 6) is -0.0888. The van der Waals surface area contributed by atoms with E-state index in [2.05, 4.69) is 25.0 Å². The van der Waals surface area contributed by atoms with E-state index in [1.165, 1.54) is 0 Å². The van der Waals surface area contributed by atoms with Gasteiger partial charge < -0.3 is 5.32 Å². The van der Waals surface area contributed by atoms with Crippen LogP contribution in [0.5, 0.6) is 0 Å². The van der Waals surface area contributed by atoms with E-state index in [4.69, 9.17) is 0 Å². The average molecular weight is 567 g/mol. The number of carbonyl (C=O) groups is 1. The van der Waals surface area contributed by atoms with Gasteiger partial charge in [0.1, 0.15) is 0 Å². The largest absolute Gasteiger partial charge is 0.354 e. The fourth-order valence-electron chi connectivity index (χ4n) is 4.75. The van der Waals surface area contributed by atoms with E-state index in [9.17, 15) is 18.0 Å². The van der Waals surface area contributed by atoms with Crippen molar-refractivity contribution < 1.29 is 13.2 Å². The molecule has 1 saturated carbocycles. The Balaban J connectivity index is 1.43. The molecule has 5 rings (SSSR count). The van der Waals surface area contributed by atoms with Crippen molar-refractivity contribution >= 4 is 43.9 Å². The maximum Gasteiger partial charge on any atom is 0.273 e. The van der Waals surface area contributed by atoms with E-state index in [1.54, 1.807) is 56.1 Å². The predicted octanol–water partition coefficient (Wildman–Crippen LogP) is 4.12. The molecule has 1 aliphatic carbocycles. The molecule has 4 aromatic rings. The number of carbonyl (C=O) groups excluding carboxylic acids is 1. The zero-order chi connectivity index (χ0) is 28.1. The van der Waals surface area contributed by atoms with Gasteiger partial charge in [0.05, 0.1) is 39.3 Å². The van der Waals surface area contributed by atoms with Crippen LogP contribution in [0, 0.1) is 26.7 Å². The number of benzene rings is 1. The highest BCUT2D eigenvalue weighted by Crippen LogP contribution is 2.37. The van der Waals surface area contributed by atoms with Crippen LogP contribution in [0.2, 0.25) is 0 Å². The zero-order valence-electron chi connectivity index (χ0n) is 22.3. The molecule has 1 amide bonds. The minimum atomic E-state index is -3.84. The van der Waals surface area contributed by atoms with Crippen LogP contribution in [0.4, 0.5) is 5.69 Å². The monoisotopic (exact) mass is 566 g/mol. The second-order valence-corrected chi connectivity index (χ2v) is 13.3. The van der Waals surface area contributed by atoms with Gasteiger partial charge in [-0.15, -0.1) is 11.3 Å². The van der Waals surface area contributed by atoms with Crippen LogP contribution < -0.4 is 15.6 Å². The Bertz CT molecular complexity index is 1750. The van der Waals surface area contributed by atoms with Crippen molar-refractivity contribution in [3.8, 4) is 11.1 Å². The molecule has 0 radical (unpaired) electrons. The average Bonchev–Trinajstić information content (AvgIpc) is 3.19. The summed E-state index contributed by atoms with van der Waals surface area (Å²) in [5, 5.41) is 4.05. The summed E-state index contributed by atoms with van der Waals surface area (Å²) >= 11 is 1.12. The molecule has 1 aromatic carbocycles. The van der Waals surface area contributed by atoms with E-state index < -0.39 is 10.0 Å². The molecule has 0 spiro atoms. The SMILES string of the molecule is Cc1nc(C)c(S(=O)(=O)Nc2cc(-c3ccc4ncn([C@H]5C[C@@H](C(=O)NC(C)C)C5)c(=O)c4c3)cnc2C)s1. The number of nitrogens with zero attached hydrogens (tertiary/aromatic N) is 4. The molecule has 0 atom stereocenters. The zero-order valence-corrected chi connectivity index (χ0v) is 24.0. The maximum atomic E-state index is 13.4. The highest BCUT2D eigenvalue weighted by molar-refractivity contribution is 7.94. The summed E-state index contributed by atoms with van der Waals surface area (Å²) in [6.45, 7) is 9.00. The van der Waals surface area contributed by atoms with E-state index in [1.807, 2.05) is 19.9 Å². The molecule has 3 aromatic heterocycles. The minimum absolute atomic E-state index is 0.0178. The second kappa shape index (κ2) is 10.2. The van der Waals surface area contributed by atoms with E-state index in [-0.39, 0.29) is 33.7 Å². The fraction of sp³-hybridized carbons (Fsp3) is 0.370. The van der Waals surface area contributed by atoms with Gasteiger partial charge in [-0.1, -0.05) is 6.07 Å². The molecule has 204 valence electrons. The summed E-state index contributed by atoms with van der Waals surface area (Å²) in [7, 11) is -3.84. The van der Waals surface area contributed by atoms with Crippen molar-refractivity contribution in [2.45, 2.75) is 63.8 Å². The van der Waals surface area contributed by atoms with Crippen molar-refractivity contribution in [2.75, 3.05) is 4.72 Å². The molecule has 2 N–H and O–H groups in total. The summed E-state index contributed by atoms with van der Waals surface area (Å²) in [6, 6.07) is 7.06. The molecule has 3 heterocycles. The van der Waals surface area contributed by atoms with Crippen LogP contribution in [0.3, 0.4) is 0 Å². The lowest BCUT2D eigenvalue weighted by molar-refractivity contribution is -0.129. The first-order chi connectivity index (χ1) is 18.4. The van der Waals surface area contributed by atoms with Crippen LogP contribution in [0.1, 0.15) is 49.1 Å². The van der Waals surface area contributed by atoms with Gasteiger partial charge in [0.25, 0.3) is 15.6 Å². The number of fused-ring (bicyclic) bond motifs is 1. The van der Waals surface area contributed by atoms with Crippen LogP contribution in [0.25, 0.3) is 22.0 Å². The standard InChI is InChI=1S/C27H30N6O4S2/c1-14(2)30-25(34)19-8-21(9-19)33-13-29-23-7-6-18(10-22(23)26(33)35)20-11-24(15(3)28-12-20)32-39(36,37)27-16(4)31-17(5)38-27/h6-7,10-14,19,21,32H,8-9H2,1-5H3,(H,30,34)/t19-,21+. The van der Waals surface area contributed by atoms with Crippen LogP contribution >= 0.6 is 11.3 Å². The Morgan fingerprint density at radius 2 is 1.82 bits per heavy atom. The van der Waals surface area contributed by atoms with E-state index in [0.717, 1.165) is 11.3 Å². The fourth-order valence-corrected chi connectivity index (χ4v) is 7.35. The molecule has 0 saturated heterocycles. The lowest BCUT2D eigenvalue weighted by Crippen LogP contribution is -2.44. The van der Waals surface area contributed by atoms with Gasteiger partial charge in [-0.05, 0) is 71.2 Å². The first-order valence-electron chi connectivity index (χ1n) is 12.7. The van der Waals surface area contributed by atoms with Crippen LogP contribution in [-0.2, 0) is 14.8 Å².